The molecule has 0 aliphatic heterocycles. The number of rotatable bonds is 3. The zero-order valence-electron chi connectivity index (χ0n) is 10.3. The highest BCUT2D eigenvalue weighted by atomic mass is 35.5. The Labute approximate surface area is 111 Å². The lowest BCUT2D eigenvalue weighted by Gasteiger charge is -2.24. The average Bonchev–Trinajstić information content (AvgIpc) is 2.39. The molecule has 2 aromatic rings. The van der Waals surface area contributed by atoms with Gasteiger partial charge in [0.05, 0.1) is 12.5 Å². The molecular weight excluding hydrogens is 248 g/mol. The van der Waals surface area contributed by atoms with Crippen LogP contribution in [-0.2, 0) is 0 Å². The third-order valence-electron chi connectivity index (χ3n) is 3.00. The Morgan fingerprint density at radius 1 is 1.33 bits per heavy atom. The fourth-order valence-corrected chi connectivity index (χ4v) is 2.00. The molecule has 5 heteroatoms. The molecule has 1 aromatic heterocycles. The number of aromatic nitrogens is 2. The topological polar surface area (TPSA) is 52.8 Å². The van der Waals surface area contributed by atoms with E-state index in [2.05, 4.69) is 16.3 Å². The van der Waals surface area contributed by atoms with Gasteiger partial charge in [0.25, 0.3) is 0 Å². The van der Waals surface area contributed by atoms with Gasteiger partial charge in [-0.2, -0.15) is 5.26 Å². The second-order valence-electron chi connectivity index (χ2n) is 4.18. The van der Waals surface area contributed by atoms with Crippen LogP contribution >= 0.6 is 11.6 Å². The van der Waals surface area contributed by atoms with E-state index in [0.717, 1.165) is 16.6 Å². The molecule has 0 spiro atoms. The Balaban J connectivity index is 2.52. The maximum atomic E-state index is 8.76. The van der Waals surface area contributed by atoms with Crippen molar-refractivity contribution in [1.29, 1.82) is 5.26 Å². The first-order chi connectivity index (χ1) is 8.65. The molecular formula is C13H13ClN4. The fraction of sp³-hybridized carbons (Fsp3) is 0.308. The number of benzene rings is 1. The molecule has 1 atom stereocenters. The van der Waals surface area contributed by atoms with Crippen LogP contribution in [-0.4, -0.2) is 23.3 Å². The number of anilines is 1. The highest BCUT2D eigenvalue weighted by molar-refractivity contribution is 6.34. The predicted molar refractivity (Wildman–Crippen MR) is 72.6 cm³/mol. The molecule has 0 saturated heterocycles. The van der Waals surface area contributed by atoms with Crippen LogP contribution in [0.4, 0.5) is 5.82 Å². The first kappa shape index (κ1) is 12.6. The van der Waals surface area contributed by atoms with Gasteiger partial charge >= 0.3 is 0 Å². The number of halogens is 1. The van der Waals surface area contributed by atoms with Crippen molar-refractivity contribution < 1.29 is 0 Å². The summed E-state index contributed by atoms with van der Waals surface area (Å²) in [7, 11) is 1.91. The lowest BCUT2D eigenvalue weighted by molar-refractivity contribution is 0.691. The molecule has 0 fully saturated rings. The van der Waals surface area contributed by atoms with E-state index >= 15 is 0 Å². The van der Waals surface area contributed by atoms with Crippen molar-refractivity contribution in [2.75, 3.05) is 11.9 Å². The van der Waals surface area contributed by atoms with Crippen LogP contribution in [0.1, 0.15) is 13.3 Å². The Kier molecular flexibility index (Phi) is 3.63. The molecule has 0 radical (unpaired) electrons. The smallest absolute Gasteiger partial charge is 0.159 e. The van der Waals surface area contributed by atoms with E-state index in [4.69, 9.17) is 16.9 Å². The van der Waals surface area contributed by atoms with Gasteiger partial charge in [0.2, 0.25) is 0 Å². The number of nitriles is 1. The molecule has 1 aromatic carbocycles. The quantitative estimate of drug-likeness (QED) is 0.851. The summed E-state index contributed by atoms with van der Waals surface area (Å²) < 4.78 is 0. The van der Waals surface area contributed by atoms with Crippen LogP contribution < -0.4 is 4.90 Å². The van der Waals surface area contributed by atoms with E-state index in [1.807, 2.05) is 43.1 Å². The van der Waals surface area contributed by atoms with Crippen LogP contribution in [0.2, 0.25) is 5.15 Å². The molecule has 1 unspecified atom stereocenters. The fourth-order valence-electron chi connectivity index (χ4n) is 1.80. The summed E-state index contributed by atoms with van der Waals surface area (Å²) in [5.74, 6) is 0.748. The average molecular weight is 261 g/mol. The van der Waals surface area contributed by atoms with Crippen molar-refractivity contribution >= 4 is 28.2 Å². The monoisotopic (exact) mass is 260 g/mol. The van der Waals surface area contributed by atoms with Gasteiger partial charge < -0.3 is 4.90 Å². The number of nitrogens with zero attached hydrogens (tertiary/aromatic N) is 4. The van der Waals surface area contributed by atoms with Gasteiger partial charge in [-0.25, -0.2) is 0 Å². The minimum Gasteiger partial charge on any atom is -0.354 e. The minimum atomic E-state index is 0.0777. The van der Waals surface area contributed by atoms with Crippen molar-refractivity contribution in [3.8, 4) is 6.07 Å². The third-order valence-corrected chi connectivity index (χ3v) is 3.28. The Morgan fingerprint density at radius 3 is 2.67 bits per heavy atom. The van der Waals surface area contributed by atoms with E-state index in [0.29, 0.717) is 11.6 Å². The van der Waals surface area contributed by atoms with Crippen molar-refractivity contribution in [3.05, 3.63) is 29.4 Å². The first-order valence-corrected chi connectivity index (χ1v) is 6.03. The Hall–Kier alpha value is -1.86. The summed E-state index contributed by atoms with van der Waals surface area (Å²) in [6.45, 7) is 1.98. The van der Waals surface area contributed by atoms with Gasteiger partial charge in [-0.3, -0.25) is 0 Å². The summed E-state index contributed by atoms with van der Waals surface area (Å²) in [4.78, 5) is 1.95. The zero-order chi connectivity index (χ0) is 13.1. The summed E-state index contributed by atoms with van der Waals surface area (Å²) in [6.07, 6.45) is 0.440. The largest absolute Gasteiger partial charge is 0.354 e. The van der Waals surface area contributed by atoms with Gasteiger partial charge in [-0.1, -0.05) is 35.9 Å². The Morgan fingerprint density at radius 2 is 2.00 bits per heavy atom. The van der Waals surface area contributed by atoms with Crippen molar-refractivity contribution in [3.63, 3.8) is 0 Å². The minimum absolute atomic E-state index is 0.0777. The van der Waals surface area contributed by atoms with Gasteiger partial charge in [0.15, 0.2) is 11.0 Å². The molecule has 0 N–H and O–H groups in total. The number of hydrogen-bond acceptors (Lipinski definition) is 4. The third kappa shape index (κ3) is 2.22. The molecule has 1 heterocycles. The van der Waals surface area contributed by atoms with Crippen LogP contribution in [0, 0.1) is 11.3 Å². The second kappa shape index (κ2) is 5.19. The normalized spacial score (nSPS) is 12.1. The van der Waals surface area contributed by atoms with Crippen molar-refractivity contribution in [1.82, 2.24) is 10.2 Å². The first-order valence-electron chi connectivity index (χ1n) is 5.66. The SMILES string of the molecule is CC(CC#N)N(C)c1nnc(Cl)c2ccccc12. The predicted octanol–water partition coefficient (Wildman–Crippen LogP) is 3.02. The zero-order valence-corrected chi connectivity index (χ0v) is 11.0. The van der Waals surface area contributed by atoms with Gasteiger partial charge in [-0.15, -0.1) is 10.2 Å². The maximum Gasteiger partial charge on any atom is 0.159 e. The van der Waals surface area contributed by atoms with E-state index in [-0.39, 0.29) is 6.04 Å². The van der Waals surface area contributed by atoms with Crippen LogP contribution in [0.5, 0.6) is 0 Å². The molecule has 2 rings (SSSR count). The summed E-state index contributed by atoms with van der Waals surface area (Å²) in [5.41, 5.74) is 0. The molecule has 92 valence electrons. The molecule has 0 aliphatic rings. The van der Waals surface area contributed by atoms with E-state index in [1.165, 1.54) is 0 Å². The molecule has 0 bridgehead atoms. The summed E-state index contributed by atoms with van der Waals surface area (Å²) in [6, 6.07) is 9.97. The van der Waals surface area contributed by atoms with Crippen LogP contribution in [0.25, 0.3) is 10.8 Å². The van der Waals surface area contributed by atoms with E-state index in [1.54, 1.807) is 0 Å². The van der Waals surface area contributed by atoms with Crippen LogP contribution in [0.15, 0.2) is 24.3 Å². The lowest BCUT2D eigenvalue weighted by atomic mass is 10.1. The Bertz CT molecular complexity index is 605. The summed E-state index contributed by atoms with van der Waals surface area (Å²) in [5, 5.41) is 19.1. The van der Waals surface area contributed by atoms with Gasteiger partial charge in [-0.05, 0) is 6.92 Å². The molecule has 0 amide bonds. The summed E-state index contributed by atoms with van der Waals surface area (Å²) >= 11 is 6.03. The van der Waals surface area contributed by atoms with E-state index < -0.39 is 0 Å². The lowest BCUT2D eigenvalue weighted by Crippen LogP contribution is -2.29. The number of fused-ring (bicyclic) bond motifs is 1. The van der Waals surface area contributed by atoms with E-state index in [9.17, 15) is 0 Å². The second-order valence-corrected chi connectivity index (χ2v) is 4.54. The molecule has 0 aliphatic carbocycles. The molecule has 0 saturated carbocycles. The highest BCUT2D eigenvalue weighted by Crippen LogP contribution is 2.28. The van der Waals surface area contributed by atoms with Crippen LogP contribution in [0.3, 0.4) is 0 Å². The highest BCUT2D eigenvalue weighted by Gasteiger charge is 2.15. The molecule has 18 heavy (non-hydrogen) atoms. The van der Waals surface area contributed by atoms with Gasteiger partial charge in [0.1, 0.15) is 0 Å². The molecule has 4 nitrogen and oxygen atoms in total. The standard InChI is InChI=1S/C13H13ClN4/c1-9(7-8-15)18(2)13-11-6-4-3-5-10(11)12(14)16-17-13/h3-6,9H,7H2,1-2H3. The van der Waals surface area contributed by atoms with Crippen molar-refractivity contribution in [2.45, 2.75) is 19.4 Å². The van der Waals surface area contributed by atoms with Crippen molar-refractivity contribution in [2.24, 2.45) is 0 Å². The van der Waals surface area contributed by atoms with Gasteiger partial charge in [0, 0.05) is 23.9 Å². The maximum absolute atomic E-state index is 8.76. The number of hydrogen-bond donors (Lipinski definition) is 0.